The number of ether oxygens (including phenoxy) is 2. The monoisotopic (exact) mass is 490 g/mol. The van der Waals surface area contributed by atoms with E-state index in [1.165, 1.54) is 20.0 Å². The average molecular weight is 491 g/mol. The summed E-state index contributed by atoms with van der Waals surface area (Å²) in [5, 5.41) is 26.1. The van der Waals surface area contributed by atoms with Crippen molar-refractivity contribution in [2.24, 2.45) is 5.92 Å². The van der Waals surface area contributed by atoms with Gasteiger partial charge < -0.3 is 25.0 Å². The Hall–Kier alpha value is -3.03. The molecule has 7 nitrogen and oxygen atoms in total. The summed E-state index contributed by atoms with van der Waals surface area (Å²) >= 11 is 0. The summed E-state index contributed by atoms with van der Waals surface area (Å²) in [7, 11) is 1.54. The van der Waals surface area contributed by atoms with Crippen LogP contribution in [0.5, 0.6) is 11.5 Å². The molecule has 0 aromatic heterocycles. The molecule has 2 heterocycles. The molecule has 2 aliphatic heterocycles. The SMILES string of the molecule is CO/C(=C(/C)C(=O)Nc1ccccc1)[C@@H]1Oc2c(O)ccc3c2[C@@]12CCN(CC1CC1)[C@H](C3)[C@@]2(C)O. The molecular formula is C29H34N2O5. The minimum Gasteiger partial charge on any atom is -0.504 e. The zero-order chi connectivity index (χ0) is 25.2. The third-order valence-electron chi connectivity index (χ3n) is 8.94. The maximum Gasteiger partial charge on any atom is 0.254 e. The van der Waals surface area contributed by atoms with Crippen LogP contribution < -0.4 is 10.1 Å². The van der Waals surface area contributed by atoms with Crippen LogP contribution in [0.2, 0.25) is 0 Å². The maximum absolute atomic E-state index is 13.3. The number of likely N-dealkylation sites (tertiary alicyclic amines) is 1. The van der Waals surface area contributed by atoms with Crippen LogP contribution in [0.15, 0.2) is 53.8 Å². The van der Waals surface area contributed by atoms with E-state index in [4.69, 9.17) is 9.47 Å². The van der Waals surface area contributed by atoms with Crippen molar-refractivity contribution in [1.29, 1.82) is 0 Å². The van der Waals surface area contributed by atoms with Crippen molar-refractivity contribution in [3.05, 3.63) is 64.9 Å². The molecule has 6 rings (SSSR count). The zero-order valence-electron chi connectivity index (χ0n) is 21.1. The van der Waals surface area contributed by atoms with E-state index in [0.29, 0.717) is 41.5 Å². The molecule has 0 unspecified atom stereocenters. The largest absolute Gasteiger partial charge is 0.504 e. The fraction of sp³-hybridized carbons (Fsp3) is 0.483. The van der Waals surface area contributed by atoms with Crippen molar-refractivity contribution in [2.75, 3.05) is 25.5 Å². The molecule has 4 atom stereocenters. The van der Waals surface area contributed by atoms with Crippen LogP contribution in [0.4, 0.5) is 5.69 Å². The highest BCUT2D eigenvalue weighted by atomic mass is 16.5. The number of aromatic hydroxyl groups is 1. The van der Waals surface area contributed by atoms with Crippen LogP contribution in [-0.4, -0.2) is 59.0 Å². The predicted molar refractivity (Wildman–Crippen MR) is 136 cm³/mol. The van der Waals surface area contributed by atoms with Gasteiger partial charge >= 0.3 is 0 Å². The Morgan fingerprint density at radius 2 is 1.97 bits per heavy atom. The lowest BCUT2D eigenvalue weighted by Crippen LogP contribution is -2.73. The van der Waals surface area contributed by atoms with Gasteiger partial charge in [0.25, 0.3) is 5.91 Å². The highest BCUT2D eigenvalue weighted by molar-refractivity contribution is 6.03. The van der Waals surface area contributed by atoms with E-state index in [2.05, 4.69) is 10.2 Å². The van der Waals surface area contributed by atoms with Crippen LogP contribution in [0.25, 0.3) is 0 Å². The van der Waals surface area contributed by atoms with Gasteiger partial charge in [-0.3, -0.25) is 9.69 Å². The first kappa shape index (κ1) is 23.4. The molecule has 4 aliphatic rings. The van der Waals surface area contributed by atoms with Gasteiger partial charge in [-0.2, -0.15) is 0 Å². The molecule has 36 heavy (non-hydrogen) atoms. The Morgan fingerprint density at radius 3 is 2.67 bits per heavy atom. The summed E-state index contributed by atoms with van der Waals surface area (Å²) < 4.78 is 12.4. The van der Waals surface area contributed by atoms with Crippen LogP contribution in [-0.2, 0) is 21.4 Å². The number of methoxy groups -OCH3 is 1. The summed E-state index contributed by atoms with van der Waals surface area (Å²) in [5.41, 5.74) is 1.02. The fourth-order valence-electron chi connectivity index (χ4n) is 6.88. The lowest BCUT2D eigenvalue weighted by Gasteiger charge is -2.60. The van der Waals surface area contributed by atoms with Gasteiger partial charge in [-0.05, 0) is 75.8 Å². The topological polar surface area (TPSA) is 91.3 Å². The van der Waals surface area contributed by atoms with Gasteiger partial charge in [0.15, 0.2) is 17.6 Å². The Labute approximate surface area is 211 Å². The number of nitrogens with one attached hydrogen (secondary N) is 1. The number of carbonyl (C=O) groups is 1. The Kier molecular flexibility index (Phi) is 5.36. The molecule has 0 radical (unpaired) electrons. The van der Waals surface area contributed by atoms with Gasteiger partial charge in [-0.1, -0.05) is 24.3 Å². The number of rotatable bonds is 6. The third-order valence-corrected chi connectivity index (χ3v) is 8.94. The summed E-state index contributed by atoms with van der Waals surface area (Å²) in [5.74, 6) is 1.24. The molecule has 1 saturated carbocycles. The Balaban J connectivity index is 1.45. The molecule has 190 valence electrons. The number of carbonyl (C=O) groups excluding carboxylic acids is 1. The summed E-state index contributed by atoms with van der Waals surface area (Å²) in [6.45, 7) is 5.44. The molecule has 2 aliphatic carbocycles. The van der Waals surface area contributed by atoms with E-state index >= 15 is 0 Å². The molecule has 1 saturated heterocycles. The van der Waals surface area contributed by atoms with Gasteiger partial charge in [0.1, 0.15) is 5.76 Å². The first-order valence-corrected chi connectivity index (χ1v) is 12.9. The first-order valence-electron chi connectivity index (χ1n) is 12.9. The van der Waals surface area contributed by atoms with Gasteiger partial charge in [0.2, 0.25) is 0 Å². The second-order valence-corrected chi connectivity index (χ2v) is 11.0. The Bertz CT molecular complexity index is 1240. The van der Waals surface area contributed by atoms with E-state index in [1.54, 1.807) is 13.0 Å². The van der Waals surface area contributed by atoms with Crippen molar-refractivity contribution >= 4 is 11.6 Å². The number of benzene rings is 2. The van der Waals surface area contributed by atoms with Crippen molar-refractivity contribution in [3.63, 3.8) is 0 Å². The number of phenolic OH excluding ortho intramolecular Hbond substituents is 1. The number of nitrogens with zero attached hydrogens (tertiary/aromatic N) is 1. The number of hydrogen-bond acceptors (Lipinski definition) is 6. The molecule has 1 spiro atoms. The molecule has 7 heteroatoms. The van der Waals surface area contributed by atoms with Gasteiger partial charge in [0.05, 0.1) is 23.7 Å². The minimum atomic E-state index is -1.16. The van der Waals surface area contributed by atoms with Crippen molar-refractivity contribution < 1.29 is 24.5 Å². The van der Waals surface area contributed by atoms with Gasteiger partial charge in [-0.25, -0.2) is 0 Å². The summed E-state index contributed by atoms with van der Waals surface area (Å²) in [4.78, 5) is 15.7. The highest BCUT2D eigenvalue weighted by Crippen LogP contribution is 2.63. The first-order chi connectivity index (χ1) is 17.3. The maximum atomic E-state index is 13.3. The highest BCUT2D eigenvalue weighted by Gasteiger charge is 2.69. The van der Waals surface area contributed by atoms with Gasteiger partial charge in [0, 0.05) is 23.8 Å². The normalized spacial score (nSPS) is 31.2. The molecular weight excluding hydrogens is 456 g/mol. The smallest absolute Gasteiger partial charge is 0.254 e. The number of hydrogen-bond donors (Lipinski definition) is 3. The molecule has 2 fully saturated rings. The lowest BCUT2D eigenvalue weighted by molar-refractivity contribution is -0.154. The zero-order valence-corrected chi connectivity index (χ0v) is 21.1. The second-order valence-electron chi connectivity index (χ2n) is 11.0. The van der Waals surface area contributed by atoms with E-state index in [-0.39, 0.29) is 17.7 Å². The number of phenols is 1. The fourth-order valence-corrected chi connectivity index (χ4v) is 6.88. The number of amides is 1. The number of aliphatic hydroxyl groups is 1. The summed E-state index contributed by atoms with van der Waals surface area (Å²) in [6.07, 6.45) is 3.09. The third kappa shape index (κ3) is 3.29. The quantitative estimate of drug-likeness (QED) is 0.422. The number of para-hydroxylation sites is 1. The van der Waals surface area contributed by atoms with E-state index < -0.39 is 17.1 Å². The molecule has 2 aromatic carbocycles. The Morgan fingerprint density at radius 1 is 1.22 bits per heavy atom. The number of fused-ring (bicyclic) bond motifs is 1. The van der Waals surface area contributed by atoms with Crippen LogP contribution >= 0.6 is 0 Å². The number of anilines is 1. The summed E-state index contributed by atoms with van der Waals surface area (Å²) in [6, 6.07) is 12.8. The van der Waals surface area contributed by atoms with Crippen molar-refractivity contribution in [1.82, 2.24) is 4.90 Å². The predicted octanol–water partition coefficient (Wildman–Crippen LogP) is 3.74. The van der Waals surface area contributed by atoms with Crippen molar-refractivity contribution in [2.45, 2.75) is 62.7 Å². The minimum absolute atomic E-state index is 0.0483. The molecule has 3 N–H and O–H groups in total. The second kappa shape index (κ2) is 8.25. The van der Waals surface area contributed by atoms with Gasteiger partial charge in [-0.15, -0.1) is 0 Å². The van der Waals surface area contributed by atoms with E-state index in [9.17, 15) is 15.0 Å². The van der Waals surface area contributed by atoms with E-state index in [0.717, 1.165) is 24.2 Å². The lowest BCUT2D eigenvalue weighted by atomic mass is 9.53. The van der Waals surface area contributed by atoms with Crippen LogP contribution in [0.1, 0.15) is 44.2 Å². The average Bonchev–Trinajstić information content (AvgIpc) is 3.60. The van der Waals surface area contributed by atoms with E-state index in [1.807, 2.05) is 43.3 Å². The molecule has 2 bridgehead atoms. The van der Waals surface area contributed by atoms with Crippen LogP contribution in [0, 0.1) is 5.92 Å². The van der Waals surface area contributed by atoms with Crippen LogP contribution in [0.3, 0.4) is 0 Å². The standard InChI is InChI=1S/C29H34N2O5/c1-17(27(33)30-20-7-5-4-6-8-20)24(35-3)26-29-13-14-31(16-18-9-10-18)22(28(29,2)34)15-19-11-12-21(32)25(36-26)23(19)29/h4-8,11-12,18,22,26,32,34H,9-10,13-16H2,1-3H3,(H,30,33)/b24-17-/t22-,26+,28-,29+/m1/s1. The van der Waals surface area contributed by atoms with Crippen molar-refractivity contribution in [3.8, 4) is 11.5 Å². The molecule has 2 aromatic rings. The molecule has 1 amide bonds. The number of piperidine rings is 1.